The van der Waals surface area contributed by atoms with E-state index in [4.69, 9.17) is 0 Å². The van der Waals surface area contributed by atoms with Crippen molar-refractivity contribution in [3.8, 4) is 16.9 Å². The third-order valence-electron chi connectivity index (χ3n) is 6.11. The van der Waals surface area contributed by atoms with Crippen molar-refractivity contribution in [2.75, 3.05) is 0 Å². The average molecular weight is 596 g/mol. The molecular formula is C29H27IrN2-. The van der Waals surface area contributed by atoms with E-state index in [-0.39, 0.29) is 20.1 Å². The van der Waals surface area contributed by atoms with E-state index in [0.717, 1.165) is 11.3 Å². The Labute approximate surface area is 203 Å². The van der Waals surface area contributed by atoms with Crippen LogP contribution in [-0.2, 0) is 20.1 Å². The van der Waals surface area contributed by atoms with Crippen LogP contribution in [0.4, 0.5) is 0 Å². The summed E-state index contributed by atoms with van der Waals surface area (Å²) in [5, 5.41) is 2.50. The fraction of sp³-hybridized carbons (Fsp3) is 0.207. The third kappa shape index (κ3) is 3.70. The Morgan fingerprint density at radius 1 is 0.750 bits per heavy atom. The Morgan fingerprint density at radius 3 is 2.09 bits per heavy atom. The molecule has 0 bridgehead atoms. The number of aromatic nitrogens is 2. The number of pyridine rings is 1. The standard InChI is InChI=1S/C29H27N2.Ir/c1-19(2)22-11-9-12-23(20(3)4)29(22)31-27-14-6-5-10-24(27)25-18-21(15-16-28(25)31)26-13-7-8-17-30-26;/h5-14,16-20H,1-4H3;/q-1;. The van der Waals surface area contributed by atoms with Crippen molar-refractivity contribution in [3.05, 3.63) is 96.2 Å². The van der Waals surface area contributed by atoms with Crippen LogP contribution in [0.1, 0.15) is 50.7 Å². The van der Waals surface area contributed by atoms with Gasteiger partial charge in [-0.25, -0.2) is 0 Å². The van der Waals surface area contributed by atoms with Crippen LogP contribution in [-0.4, -0.2) is 9.55 Å². The first-order valence-electron chi connectivity index (χ1n) is 11.1. The first kappa shape index (κ1) is 22.5. The van der Waals surface area contributed by atoms with Crippen molar-refractivity contribution >= 4 is 21.8 Å². The third-order valence-corrected chi connectivity index (χ3v) is 6.11. The number of nitrogens with zero attached hydrogens (tertiary/aromatic N) is 2. The van der Waals surface area contributed by atoms with Gasteiger partial charge in [0, 0.05) is 37.5 Å². The van der Waals surface area contributed by atoms with E-state index in [1.54, 1.807) is 0 Å². The Kier molecular flexibility index (Phi) is 6.33. The topological polar surface area (TPSA) is 17.8 Å². The summed E-state index contributed by atoms with van der Waals surface area (Å²) in [7, 11) is 0. The number of hydrogen-bond donors (Lipinski definition) is 0. The number of rotatable bonds is 4. The van der Waals surface area contributed by atoms with Gasteiger partial charge in [0.15, 0.2) is 0 Å². The Balaban J connectivity index is 0.00000245. The molecule has 0 saturated heterocycles. The summed E-state index contributed by atoms with van der Waals surface area (Å²) >= 11 is 0. The summed E-state index contributed by atoms with van der Waals surface area (Å²) in [4.78, 5) is 4.54. The molecule has 0 aliphatic carbocycles. The van der Waals surface area contributed by atoms with Gasteiger partial charge in [-0.05, 0) is 51.7 Å². The molecule has 0 spiro atoms. The molecule has 0 saturated carbocycles. The summed E-state index contributed by atoms with van der Waals surface area (Å²) in [6.45, 7) is 9.12. The first-order chi connectivity index (χ1) is 15.1. The van der Waals surface area contributed by atoms with E-state index < -0.39 is 0 Å². The van der Waals surface area contributed by atoms with Gasteiger partial charge in [-0.2, -0.15) is 0 Å². The first-order valence-corrected chi connectivity index (χ1v) is 11.1. The van der Waals surface area contributed by atoms with Crippen molar-refractivity contribution in [1.82, 2.24) is 9.55 Å². The van der Waals surface area contributed by atoms with Gasteiger partial charge < -0.3 is 9.55 Å². The summed E-state index contributed by atoms with van der Waals surface area (Å²) in [5.41, 5.74) is 8.47. The van der Waals surface area contributed by atoms with Crippen LogP contribution < -0.4 is 0 Å². The van der Waals surface area contributed by atoms with Gasteiger partial charge in [0.25, 0.3) is 0 Å². The van der Waals surface area contributed by atoms with Gasteiger partial charge >= 0.3 is 0 Å². The minimum absolute atomic E-state index is 0. The number of para-hydroxylation sites is 2. The minimum Gasteiger partial charge on any atom is -0.350 e. The van der Waals surface area contributed by atoms with E-state index in [1.807, 2.05) is 24.4 Å². The number of fused-ring (bicyclic) bond motifs is 3. The molecule has 2 heterocycles. The van der Waals surface area contributed by atoms with Crippen molar-refractivity contribution in [1.29, 1.82) is 0 Å². The molecule has 2 aromatic heterocycles. The number of benzene rings is 3. The quantitative estimate of drug-likeness (QED) is 0.193. The summed E-state index contributed by atoms with van der Waals surface area (Å²) in [6.07, 6.45) is 1.84. The fourth-order valence-electron chi connectivity index (χ4n) is 4.59. The fourth-order valence-corrected chi connectivity index (χ4v) is 4.59. The molecule has 0 unspecified atom stereocenters. The molecule has 0 aliphatic heterocycles. The molecule has 5 rings (SSSR count). The van der Waals surface area contributed by atoms with Gasteiger partial charge in [-0.15, -0.1) is 23.8 Å². The van der Waals surface area contributed by atoms with Gasteiger partial charge in [0.1, 0.15) is 0 Å². The van der Waals surface area contributed by atoms with Gasteiger partial charge in [0.2, 0.25) is 0 Å². The van der Waals surface area contributed by atoms with Crippen molar-refractivity contribution in [3.63, 3.8) is 0 Å². The van der Waals surface area contributed by atoms with Crippen LogP contribution in [0.25, 0.3) is 38.8 Å². The Morgan fingerprint density at radius 2 is 1.44 bits per heavy atom. The van der Waals surface area contributed by atoms with Crippen molar-refractivity contribution in [2.45, 2.75) is 39.5 Å². The van der Waals surface area contributed by atoms with Crippen LogP contribution in [0.5, 0.6) is 0 Å². The molecule has 3 aromatic carbocycles. The monoisotopic (exact) mass is 596 g/mol. The van der Waals surface area contributed by atoms with Crippen LogP contribution in [0, 0.1) is 6.07 Å². The summed E-state index contributed by atoms with van der Waals surface area (Å²) in [6, 6.07) is 29.4. The maximum Gasteiger partial charge on any atom is 0.0442 e. The van der Waals surface area contributed by atoms with E-state index >= 15 is 0 Å². The molecule has 0 aliphatic rings. The second-order valence-corrected chi connectivity index (χ2v) is 8.81. The second-order valence-electron chi connectivity index (χ2n) is 8.81. The van der Waals surface area contributed by atoms with E-state index in [0.29, 0.717) is 11.8 Å². The molecule has 0 atom stereocenters. The largest absolute Gasteiger partial charge is 0.350 e. The Bertz CT molecular complexity index is 1350. The number of hydrogen-bond acceptors (Lipinski definition) is 1. The zero-order valence-corrected chi connectivity index (χ0v) is 21.3. The zero-order valence-electron chi connectivity index (χ0n) is 18.9. The Hall–Kier alpha value is -2.74. The molecule has 0 amide bonds. The molecule has 2 nitrogen and oxygen atoms in total. The van der Waals surface area contributed by atoms with E-state index in [9.17, 15) is 0 Å². The summed E-state index contributed by atoms with van der Waals surface area (Å²) < 4.78 is 2.45. The molecular weight excluding hydrogens is 569 g/mol. The van der Waals surface area contributed by atoms with Gasteiger partial charge in [0.05, 0.1) is 0 Å². The summed E-state index contributed by atoms with van der Waals surface area (Å²) in [5.74, 6) is 0.864. The van der Waals surface area contributed by atoms with Crippen LogP contribution in [0.2, 0.25) is 0 Å². The van der Waals surface area contributed by atoms with E-state index in [1.165, 1.54) is 38.6 Å². The smallest absolute Gasteiger partial charge is 0.0442 e. The van der Waals surface area contributed by atoms with Crippen LogP contribution in [0.3, 0.4) is 0 Å². The minimum atomic E-state index is 0. The maximum atomic E-state index is 4.54. The maximum absolute atomic E-state index is 4.54. The predicted molar refractivity (Wildman–Crippen MR) is 131 cm³/mol. The zero-order chi connectivity index (χ0) is 21.5. The second kappa shape index (κ2) is 9.02. The predicted octanol–water partition coefficient (Wildman–Crippen LogP) is 7.89. The SMILES string of the molecule is CC(C)c1cccc(C(C)C)c1-n1c2c[c-]c(-c3ccccn3)cc2c2ccccc21.[Ir]. The van der Waals surface area contributed by atoms with E-state index in [2.05, 4.69) is 97.9 Å². The van der Waals surface area contributed by atoms with Crippen LogP contribution >= 0.6 is 0 Å². The van der Waals surface area contributed by atoms with Gasteiger partial charge in [-0.1, -0.05) is 81.6 Å². The molecule has 163 valence electrons. The molecule has 5 aromatic rings. The van der Waals surface area contributed by atoms with Crippen molar-refractivity contribution in [2.24, 2.45) is 0 Å². The molecule has 0 N–H and O–H groups in total. The average Bonchev–Trinajstić information content (AvgIpc) is 3.12. The molecule has 3 heteroatoms. The molecule has 0 fully saturated rings. The van der Waals surface area contributed by atoms with Gasteiger partial charge in [-0.3, -0.25) is 0 Å². The van der Waals surface area contributed by atoms with Crippen LogP contribution in [0.15, 0.2) is 79.0 Å². The normalized spacial score (nSPS) is 11.4. The molecule has 1 radical (unpaired) electrons. The molecule has 32 heavy (non-hydrogen) atoms. The van der Waals surface area contributed by atoms with Crippen molar-refractivity contribution < 1.29 is 20.1 Å².